The zero-order valence-electron chi connectivity index (χ0n) is 7.48. The van der Waals surface area contributed by atoms with Crippen LogP contribution in [0.4, 0.5) is 0 Å². The SMILES string of the molecule is C#CC(CC)NCC1(C)CC1. The second-order valence-corrected chi connectivity index (χ2v) is 3.82. The van der Waals surface area contributed by atoms with Gasteiger partial charge in [-0.3, -0.25) is 0 Å². The van der Waals surface area contributed by atoms with Gasteiger partial charge in [0.05, 0.1) is 6.04 Å². The predicted octanol–water partition coefficient (Wildman–Crippen LogP) is 1.79. The van der Waals surface area contributed by atoms with Gasteiger partial charge in [-0.2, -0.15) is 0 Å². The Morgan fingerprint density at radius 3 is 2.64 bits per heavy atom. The summed E-state index contributed by atoms with van der Waals surface area (Å²) in [6.45, 7) is 5.52. The normalized spacial score (nSPS) is 22.3. The molecule has 1 heteroatoms. The lowest BCUT2D eigenvalue weighted by Gasteiger charge is -2.14. The van der Waals surface area contributed by atoms with E-state index < -0.39 is 0 Å². The van der Waals surface area contributed by atoms with Crippen LogP contribution in [0.25, 0.3) is 0 Å². The molecule has 1 N–H and O–H groups in total. The minimum atomic E-state index is 0.285. The molecule has 0 aromatic carbocycles. The number of rotatable bonds is 4. The van der Waals surface area contributed by atoms with Crippen molar-refractivity contribution in [3.8, 4) is 12.3 Å². The molecule has 1 saturated carbocycles. The topological polar surface area (TPSA) is 12.0 Å². The molecule has 0 radical (unpaired) electrons. The van der Waals surface area contributed by atoms with Gasteiger partial charge in [-0.15, -0.1) is 6.42 Å². The van der Waals surface area contributed by atoms with Crippen molar-refractivity contribution in [3.05, 3.63) is 0 Å². The molecular weight excluding hydrogens is 134 g/mol. The van der Waals surface area contributed by atoms with E-state index >= 15 is 0 Å². The van der Waals surface area contributed by atoms with Crippen LogP contribution >= 0.6 is 0 Å². The molecule has 0 spiro atoms. The third-order valence-electron chi connectivity index (χ3n) is 2.49. The molecule has 1 nitrogen and oxygen atoms in total. The summed E-state index contributed by atoms with van der Waals surface area (Å²) in [6.07, 6.45) is 9.08. The fourth-order valence-corrected chi connectivity index (χ4v) is 1.08. The lowest BCUT2D eigenvalue weighted by molar-refractivity contribution is 0.469. The van der Waals surface area contributed by atoms with Gasteiger partial charge in [-0.25, -0.2) is 0 Å². The Balaban J connectivity index is 2.16. The first-order valence-electron chi connectivity index (χ1n) is 4.40. The predicted molar refractivity (Wildman–Crippen MR) is 48.3 cm³/mol. The van der Waals surface area contributed by atoms with Crippen LogP contribution in [0.15, 0.2) is 0 Å². The van der Waals surface area contributed by atoms with E-state index in [4.69, 9.17) is 6.42 Å². The molecule has 0 amide bonds. The zero-order chi connectivity index (χ0) is 8.32. The van der Waals surface area contributed by atoms with Gasteiger partial charge in [0.15, 0.2) is 0 Å². The van der Waals surface area contributed by atoms with Crippen LogP contribution in [-0.4, -0.2) is 12.6 Å². The quantitative estimate of drug-likeness (QED) is 0.604. The molecule has 1 atom stereocenters. The minimum absolute atomic E-state index is 0.285. The van der Waals surface area contributed by atoms with Crippen LogP contribution in [0.5, 0.6) is 0 Å². The molecular formula is C10H17N. The Morgan fingerprint density at radius 1 is 1.64 bits per heavy atom. The van der Waals surface area contributed by atoms with Gasteiger partial charge >= 0.3 is 0 Å². The molecule has 62 valence electrons. The molecule has 0 saturated heterocycles. The van der Waals surface area contributed by atoms with Gasteiger partial charge in [-0.1, -0.05) is 19.8 Å². The average molecular weight is 151 g/mol. The van der Waals surface area contributed by atoms with Crippen molar-refractivity contribution in [3.63, 3.8) is 0 Å². The molecule has 1 aliphatic carbocycles. The lowest BCUT2D eigenvalue weighted by atomic mass is 10.1. The number of nitrogens with one attached hydrogen (secondary N) is 1. The molecule has 1 unspecified atom stereocenters. The van der Waals surface area contributed by atoms with Gasteiger partial charge in [0.25, 0.3) is 0 Å². The minimum Gasteiger partial charge on any atom is -0.303 e. The van der Waals surface area contributed by atoms with E-state index in [-0.39, 0.29) is 6.04 Å². The number of hydrogen-bond acceptors (Lipinski definition) is 1. The van der Waals surface area contributed by atoms with Gasteiger partial charge in [0.1, 0.15) is 0 Å². The highest BCUT2D eigenvalue weighted by atomic mass is 14.9. The van der Waals surface area contributed by atoms with Crippen LogP contribution in [0.2, 0.25) is 0 Å². The summed E-state index contributed by atoms with van der Waals surface area (Å²) < 4.78 is 0. The van der Waals surface area contributed by atoms with Crippen molar-refractivity contribution in [2.45, 2.75) is 39.2 Å². The second kappa shape index (κ2) is 3.28. The summed E-state index contributed by atoms with van der Waals surface area (Å²) in [4.78, 5) is 0. The van der Waals surface area contributed by atoms with Crippen molar-refractivity contribution in [2.24, 2.45) is 5.41 Å². The Kier molecular flexibility index (Phi) is 2.57. The molecule has 1 rings (SSSR count). The summed E-state index contributed by atoms with van der Waals surface area (Å²) >= 11 is 0. The first-order chi connectivity index (χ1) is 5.20. The standard InChI is InChI=1S/C10H17N/c1-4-9(5-2)11-8-10(3)6-7-10/h1,9,11H,5-8H2,2-3H3. The molecule has 0 aromatic rings. The highest BCUT2D eigenvalue weighted by molar-refractivity contribution is 5.00. The highest BCUT2D eigenvalue weighted by Crippen LogP contribution is 2.44. The van der Waals surface area contributed by atoms with Gasteiger partial charge in [0, 0.05) is 6.54 Å². The summed E-state index contributed by atoms with van der Waals surface area (Å²) in [6, 6.07) is 0.285. The van der Waals surface area contributed by atoms with Crippen molar-refractivity contribution in [2.75, 3.05) is 6.54 Å². The van der Waals surface area contributed by atoms with Crippen LogP contribution in [0, 0.1) is 17.8 Å². The third-order valence-corrected chi connectivity index (χ3v) is 2.49. The van der Waals surface area contributed by atoms with E-state index in [0.29, 0.717) is 5.41 Å². The summed E-state index contributed by atoms with van der Waals surface area (Å²) in [5.74, 6) is 2.74. The van der Waals surface area contributed by atoms with E-state index in [2.05, 4.69) is 25.1 Å². The van der Waals surface area contributed by atoms with Crippen molar-refractivity contribution in [1.29, 1.82) is 0 Å². The molecule has 0 aliphatic heterocycles. The smallest absolute Gasteiger partial charge is 0.0684 e. The van der Waals surface area contributed by atoms with Crippen LogP contribution < -0.4 is 5.32 Å². The zero-order valence-corrected chi connectivity index (χ0v) is 7.48. The summed E-state index contributed by atoms with van der Waals surface area (Å²) in [5.41, 5.74) is 0.574. The average Bonchev–Trinajstić information content (AvgIpc) is 2.71. The molecule has 1 aliphatic rings. The van der Waals surface area contributed by atoms with Crippen molar-refractivity contribution in [1.82, 2.24) is 5.32 Å². The Bertz CT molecular complexity index is 162. The molecule has 0 heterocycles. The van der Waals surface area contributed by atoms with E-state index in [1.165, 1.54) is 12.8 Å². The summed E-state index contributed by atoms with van der Waals surface area (Å²) in [7, 11) is 0. The molecule has 0 bridgehead atoms. The fourth-order valence-electron chi connectivity index (χ4n) is 1.08. The van der Waals surface area contributed by atoms with E-state index in [1.54, 1.807) is 0 Å². The first kappa shape index (κ1) is 8.62. The van der Waals surface area contributed by atoms with E-state index in [0.717, 1.165) is 13.0 Å². The van der Waals surface area contributed by atoms with Crippen molar-refractivity contribution >= 4 is 0 Å². The van der Waals surface area contributed by atoms with Crippen LogP contribution in [0.3, 0.4) is 0 Å². The molecule has 1 fully saturated rings. The van der Waals surface area contributed by atoms with E-state index in [1.807, 2.05) is 0 Å². The van der Waals surface area contributed by atoms with E-state index in [9.17, 15) is 0 Å². The third kappa shape index (κ3) is 2.55. The maximum atomic E-state index is 5.32. The summed E-state index contributed by atoms with van der Waals surface area (Å²) in [5, 5.41) is 3.39. The van der Waals surface area contributed by atoms with Gasteiger partial charge < -0.3 is 5.32 Å². The monoisotopic (exact) mass is 151 g/mol. The van der Waals surface area contributed by atoms with Crippen LogP contribution in [0.1, 0.15) is 33.1 Å². The van der Waals surface area contributed by atoms with Crippen LogP contribution in [-0.2, 0) is 0 Å². The van der Waals surface area contributed by atoms with Crippen molar-refractivity contribution < 1.29 is 0 Å². The number of terminal acetylenes is 1. The Labute approximate surface area is 69.6 Å². The largest absolute Gasteiger partial charge is 0.303 e. The maximum absolute atomic E-state index is 5.32. The Morgan fingerprint density at radius 2 is 2.27 bits per heavy atom. The Hall–Kier alpha value is -0.480. The molecule has 0 aromatic heterocycles. The van der Waals surface area contributed by atoms with Gasteiger partial charge in [0.2, 0.25) is 0 Å². The van der Waals surface area contributed by atoms with Gasteiger partial charge in [-0.05, 0) is 24.7 Å². The lowest BCUT2D eigenvalue weighted by Crippen LogP contribution is -2.31. The maximum Gasteiger partial charge on any atom is 0.0684 e. The molecule has 11 heavy (non-hydrogen) atoms. The fraction of sp³-hybridized carbons (Fsp3) is 0.800. The first-order valence-corrected chi connectivity index (χ1v) is 4.40. The highest BCUT2D eigenvalue weighted by Gasteiger charge is 2.36. The number of hydrogen-bond donors (Lipinski definition) is 1. The second-order valence-electron chi connectivity index (χ2n) is 3.82.